The zero-order valence-corrected chi connectivity index (χ0v) is 11.2. The minimum atomic E-state index is -0.187. The predicted molar refractivity (Wildman–Crippen MR) is 70.5 cm³/mol. The minimum Gasteiger partial charge on any atom is -0.385 e. The van der Waals surface area contributed by atoms with Crippen LogP contribution in [0.2, 0.25) is 0 Å². The molecule has 1 amide bonds. The number of amides is 1. The Labute approximate surface area is 108 Å². The molecule has 5 nitrogen and oxygen atoms in total. The van der Waals surface area contributed by atoms with Crippen molar-refractivity contribution < 1.29 is 9.53 Å². The second-order valence-corrected chi connectivity index (χ2v) is 4.36. The maximum Gasteiger partial charge on any atom is 0.270 e. The monoisotopic (exact) mass is 251 g/mol. The highest BCUT2D eigenvalue weighted by Gasteiger charge is 2.13. The molecular formula is C13H21N3O2. The summed E-state index contributed by atoms with van der Waals surface area (Å²) >= 11 is 0. The first kappa shape index (κ1) is 14.6. The van der Waals surface area contributed by atoms with E-state index in [9.17, 15) is 4.79 Å². The van der Waals surface area contributed by atoms with Crippen molar-refractivity contribution in [3.05, 3.63) is 29.1 Å². The molecule has 0 radical (unpaired) electrons. The van der Waals surface area contributed by atoms with Gasteiger partial charge in [-0.2, -0.15) is 0 Å². The van der Waals surface area contributed by atoms with E-state index in [4.69, 9.17) is 10.5 Å². The number of methoxy groups -OCH3 is 1. The van der Waals surface area contributed by atoms with Crippen LogP contribution in [-0.2, 0) is 4.74 Å². The Kier molecular flexibility index (Phi) is 5.74. The molecule has 100 valence electrons. The van der Waals surface area contributed by atoms with Crippen LogP contribution in [-0.4, -0.2) is 37.2 Å². The molecule has 3 N–H and O–H groups in total. The molecule has 1 aromatic heterocycles. The summed E-state index contributed by atoms with van der Waals surface area (Å²) in [5, 5.41) is 2.87. The van der Waals surface area contributed by atoms with E-state index >= 15 is 0 Å². The van der Waals surface area contributed by atoms with E-state index in [0.717, 1.165) is 11.3 Å². The molecule has 0 fully saturated rings. The fourth-order valence-electron chi connectivity index (χ4n) is 1.73. The number of nitrogens with one attached hydrogen (secondary N) is 1. The smallest absolute Gasteiger partial charge is 0.270 e. The van der Waals surface area contributed by atoms with Crippen LogP contribution >= 0.6 is 0 Å². The molecule has 0 aliphatic rings. The van der Waals surface area contributed by atoms with Crippen molar-refractivity contribution in [3.63, 3.8) is 0 Å². The van der Waals surface area contributed by atoms with Crippen LogP contribution in [0, 0.1) is 13.8 Å². The summed E-state index contributed by atoms with van der Waals surface area (Å²) in [6, 6.07) is 3.62. The number of pyridine rings is 1. The molecule has 0 bridgehead atoms. The second-order valence-electron chi connectivity index (χ2n) is 4.36. The van der Waals surface area contributed by atoms with Crippen molar-refractivity contribution in [1.82, 2.24) is 10.3 Å². The molecule has 1 atom stereocenters. The van der Waals surface area contributed by atoms with Gasteiger partial charge < -0.3 is 15.8 Å². The number of ether oxygens (including phenoxy) is 1. The SMILES string of the molecule is COCCC(CN)NC(=O)c1cc(C)cc(C)n1. The lowest BCUT2D eigenvalue weighted by Crippen LogP contribution is -2.41. The number of carbonyl (C=O) groups is 1. The molecule has 0 spiro atoms. The van der Waals surface area contributed by atoms with Crippen molar-refractivity contribution >= 4 is 5.91 Å². The summed E-state index contributed by atoms with van der Waals surface area (Å²) in [5.41, 5.74) is 7.90. The van der Waals surface area contributed by atoms with E-state index in [0.29, 0.717) is 25.3 Å². The van der Waals surface area contributed by atoms with E-state index in [-0.39, 0.29) is 11.9 Å². The van der Waals surface area contributed by atoms with Crippen molar-refractivity contribution in [2.45, 2.75) is 26.3 Å². The highest BCUT2D eigenvalue weighted by Crippen LogP contribution is 2.05. The lowest BCUT2D eigenvalue weighted by Gasteiger charge is -2.16. The summed E-state index contributed by atoms with van der Waals surface area (Å²) in [6.45, 7) is 4.77. The third-order valence-corrected chi connectivity index (χ3v) is 2.62. The Morgan fingerprint density at radius 3 is 2.78 bits per heavy atom. The fraction of sp³-hybridized carbons (Fsp3) is 0.538. The first-order valence-corrected chi connectivity index (χ1v) is 6.02. The van der Waals surface area contributed by atoms with Gasteiger partial charge in [0.2, 0.25) is 0 Å². The van der Waals surface area contributed by atoms with Gasteiger partial charge in [-0.15, -0.1) is 0 Å². The third kappa shape index (κ3) is 4.43. The second kappa shape index (κ2) is 7.08. The van der Waals surface area contributed by atoms with E-state index in [1.807, 2.05) is 19.9 Å². The third-order valence-electron chi connectivity index (χ3n) is 2.62. The van der Waals surface area contributed by atoms with Crippen LogP contribution in [0.3, 0.4) is 0 Å². The van der Waals surface area contributed by atoms with E-state index in [1.54, 1.807) is 13.2 Å². The van der Waals surface area contributed by atoms with Crippen LogP contribution in [0.5, 0.6) is 0 Å². The zero-order valence-electron chi connectivity index (χ0n) is 11.2. The molecule has 1 unspecified atom stereocenters. The van der Waals surface area contributed by atoms with Gasteiger partial charge in [0.1, 0.15) is 5.69 Å². The summed E-state index contributed by atoms with van der Waals surface area (Å²) in [5.74, 6) is -0.187. The van der Waals surface area contributed by atoms with Gasteiger partial charge in [0.15, 0.2) is 0 Å². The molecular weight excluding hydrogens is 230 g/mol. The Hall–Kier alpha value is -1.46. The fourth-order valence-corrected chi connectivity index (χ4v) is 1.73. The van der Waals surface area contributed by atoms with Crippen LogP contribution in [0.4, 0.5) is 0 Å². The molecule has 0 saturated carbocycles. The lowest BCUT2D eigenvalue weighted by molar-refractivity contribution is 0.0921. The lowest BCUT2D eigenvalue weighted by atomic mass is 10.2. The number of hydrogen-bond acceptors (Lipinski definition) is 4. The van der Waals surface area contributed by atoms with Crippen LogP contribution in [0.15, 0.2) is 12.1 Å². The maximum absolute atomic E-state index is 12.0. The van der Waals surface area contributed by atoms with Crippen LogP contribution in [0.1, 0.15) is 28.2 Å². The first-order chi connectivity index (χ1) is 8.56. The number of rotatable bonds is 6. The number of hydrogen-bond donors (Lipinski definition) is 2. The Morgan fingerprint density at radius 2 is 2.22 bits per heavy atom. The van der Waals surface area contributed by atoms with E-state index in [2.05, 4.69) is 10.3 Å². The summed E-state index contributed by atoms with van der Waals surface area (Å²) < 4.78 is 4.98. The zero-order chi connectivity index (χ0) is 13.5. The van der Waals surface area contributed by atoms with Gasteiger partial charge in [-0.3, -0.25) is 4.79 Å². The first-order valence-electron chi connectivity index (χ1n) is 6.02. The maximum atomic E-state index is 12.0. The topological polar surface area (TPSA) is 77.2 Å². The van der Waals surface area contributed by atoms with Gasteiger partial charge in [-0.25, -0.2) is 4.98 Å². The molecule has 1 rings (SSSR count). The largest absolute Gasteiger partial charge is 0.385 e. The number of aromatic nitrogens is 1. The number of aryl methyl sites for hydroxylation is 2. The molecule has 18 heavy (non-hydrogen) atoms. The highest BCUT2D eigenvalue weighted by atomic mass is 16.5. The van der Waals surface area contributed by atoms with Gasteiger partial charge in [-0.1, -0.05) is 0 Å². The number of nitrogens with two attached hydrogens (primary N) is 1. The van der Waals surface area contributed by atoms with E-state index in [1.165, 1.54) is 0 Å². The van der Waals surface area contributed by atoms with Gasteiger partial charge in [0.25, 0.3) is 5.91 Å². The Morgan fingerprint density at radius 1 is 1.50 bits per heavy atom. The van der Waals surface area contributed by atoms with Crippen molar-refractivity contribution in [2.24, 2.45) is 5.73 Å². The summed E-state index contributed by atoms with van der Waals surface area (Å²) in [6.07, 6.45) is 0.698. The van der Waals surface area contributed by atoms with Crippen molar-refractivity contribution in [1.29, 1.82) is 0 Å². The highest BCUT2D eigenvalue weighted by molar-refractivity contribution is 5.92. The minimum absolute atomic E-state index is 0.0833. The Bertz CT molecular complexity index is 387. The van der Waals surface area contributed by atoms with Gasteiger partial charge in [0.05, 0.1) is 0 Å². The normalized spacial score (nSPS) is 12.2. The Balaban J connectivity index is 2.68. The van der Waals surface area contributed by atoms with Crippen LogP contribution in [0.25, 0.3) is 0 Å². The van der Waals surface area contributed by atoms with Crippen LogP contribution < -0.4 is 11.1 Å². The molecule has 5 heteroatoms. The standard InChI is InChI=1S/C13H21N3O2/c1-9-6-10(2)15-12(7-9)13(17)16-11(8-14)4-5-18-3/h6-7,11H,4-5,8,14H2,1-3H3,(H,16,17). The number of nitrogens with zero attached hydrogens (tertiary/aromatic N) is 1. The van der Waals surface area contributed by atoms with E-state index < -0.39 is 0 Å². The summed E-state index contributed by atoms with van der Waals surface area (Å²) in [4.78, 5) is 16.2. The predicted octanol–water partition coefficient (Wildman–Crippen LogP) is 0.792. The molecule has 0 aromatic carbocycles. The number of carbonyl (C=O) groups excluding carboxylic acids is 1. The van der Waals surface area contributed by atoms with Gasteiger partial charge >= 0.3 is 0 Å². The molecule has 0 aliphatic carbocycles. The molecule has 1 aromatic rings. The molecule has 0 saturated heterocycles. The summed E-state index contributed by atoms with van der Waals surface area (Å²) in [7, 11) is 1.63. The average molecular weight is 251 g/mol. The van der Waals surface area contributed by atoms with Gasteiger partial charge in [-0.05, 0) is 38.0 Å². The average Bonchev–Trinajstić information content (AvgIpc) is 2.32. The van der Waals surface area contributed by atoms with Gasteiger partial charge in [0, 0.05) is 32.0 Å². The molecule has 0 aliphatic heterocycles. The quantitative estimate of drug-likeness (QED) is 0.783. The van der Waals surface area contributed by atoms with Crippen molar-refractivity contribution in [3.8, 4) is 0 Å². The molecule has 1 heterocycles. The van der Waals surface area contributed by atoms with Crippen molar-refractivity contribution in [2.75, 3.05) is 20.3 Å².